The van der Waals surface area contributed by atoms with E-state index < -0.39 is 0 Å². The summed E-state index contributed by atoms with van der Waals surface area (Å²) in [6.07, 6.45) is 2.65. The molecule has 1 fully saturated rings. The van der Waals surface area contributed by atoms with E-state index in [1.807, 2.05) is 0 Å². The van der Waals surface area contributed by atoms with E-state index in [0.717, 1.165) is 11.8 Å². The molecule has 0 radical (unpaired) electrons. The van der Waals surface area contributed by atoms with Crippen LogP contribution in [0.3, 0.4) is 0 Å². The second kappa shape index (κ2) is 4.64. The Morgan fingerprint density at radius 3 is 2.44 bits per heavy atom. The van der Waals surface area contributed by atoms with Crippen molar-refractivity contribution in [2.24, 2.45) is 11.8 Å². The van der Waals surface area contributed by atoms with Gasteiger partial charge in [-0.2, -0.15) is 0 Å². The number of fused-ring (bicyclic) bond motifs is 1. The predicted octanol–water partition coefficient (Wildman–Crippen LogP) is 4.69. The molecule has 1 saturated carbocycles. The Balaban J connectivity index is 1.82. The van der Waals surface area contributed by atoms with Crippen LogP contribution in [0.2, 0.25) is 0 Å². The number of anilines is 1. The normalized spacial score (nSPS) is 27.6. The van der Waals surface area contributed by atoms with Crippen LogP contribution in [0.15, 0.2) is 42.5 Å². The molecule has 2 aromatic carbocycles. The minimum atomic E-state index is 0.640. The number of hydrogen-bond acceptors (Lipinski definition) is 1. The lowest BCUT2D eigenvalue weighted by molar-refractivity contribution is 0.435. The first-order valence-corrected chi connectivity index (χ1v) is 6.99. The molecule has 94 valence electrons. The van der Waals surface area contributed by atoms with Crippen LogP contribution in [0.5, 0.6) is 0 Å². The van der Waals surface area contributed by atoms with Gasteiger partial charge in [-0.1, -0.05) is 44.2 Å². The second-order valence-corrected chi connectivity index (χ2v) is 5.73. The van der Waals surface area contributed by atoms with Crippen molar-refractivity contribution < 1.29 is 0 Å². The monoisotopic (exact) mass is 239 g/mol. The van der Waals surface area contributed by atoms with Crippen LogP contribution in [0.1, 0.15) is 26.7 Å². The van der Waals surface area contributed by atoms with Crippen LogP contribution >= 0.6 is 0 Å². The van der Waals surface area contributed by atoms with Crippen LogP contribution in [0.25, 0.3) is 10.8 Å². The van der Waals surface area contributed by atoms with E-state index in [4.69, 9.17) is 0 Å². The van der Waals surface area contributed by atoms with Gasteiger partial charge in [-0.05, 0) is 47.6 Å². The minimum Gasteiger partial charge on any atom is -0.382 e. The summed E-state index contributed by atoms with van der Waals surface area (Å²) >= 11 is 0. The van der Waals surface area contributed by atoms with E-state index in [-0.39, 0.29) is 0 Å². The predicted molar refractivity (Wildman–Crippen MR) is 78.9 cm³/mol. The lowest BCUT2D eigenvalue weighted by Crippen LogP contribution is -2.23. The van der Waals surface area contributed by atoms with Crippen molar-refractivity contribution in [1.82, 2.24) is 0 Å². The summed E-state index contributed by atoms with van der Waals surface area (Å²) in [5.74, 6) is 1.62. The summed E-state index contributed by atoms with van der Waals surface area (Å²) in [5, 5.41) is 6.35. The average molecular weight is 239 g/mol. The van der Waals surface area contributed by atoms with Gasteiger partial charge >= 0.3 is 0 Å². The number of benzene rings is 2. The standard InChI is InChI=1S/C17H21N/c1-12-7-10-17(13(12)2)18-16-9-8-14-5-3-4-6-15(14)11-16/h3-6,8-9,11-13,17-18H,7,10H2,1-2H3. The average Bonchev–Trinajstić information content (AvgIpc) is 2.71. The van der Waals surface area contributed by atoms with Gasteiger partial charge in [0.25, 0.3) is 0 Å². The Kier molecular flexibility index (Phi) is 2.99. The zero-order valence-corrected chi connectivity index (χ0v) is 11.2. The first kappa shape index (κ1) is 11.6. The van der Waals surface area contributed by atoms with Crippen molar-refractivity contribution in [3.8, 4) is 0 Å². The van der Waals surface area contributed by atoms with Crippen molar-refractivity contribution in [2.75, 3.05) is 5.32 Å². The fourth-order valence-electron chi connectivity index (χ4n) is 3.06. The molecule has 0 bridgehead atoms. The molecule has 1 aliphatic rings. The zero-order chi connectivity index (χ0) is 12.5. The molecule has 3 atom stereocenters. The number of hydrogen-bond donors (Lipinski definition) is 1. The van der Waals surface area contributed by atoms with Gasteiger partial charge in [-0.25, -0.2) is 0 Å². The molecule has 1 aliphatic carbocycles. The van der Waals surface area contributed by atoms with Crippen molar-refractivity contribution in [1.29, 1.82) is 0 Å². The highest BCUT2D eigenvalue weighted by atomic mass is 14.9. The van der Waals surface area contributed by atoms with E-state index in [1.54, 1.807) is 0 Å². The Morgan fingerprint density at radius 2 is 1.72 bits per heavy atom. The van der Waals surface area contributed by atoms with Gasteiger partial charge in [0, 0.05) is 11.7 Å². The summed E-state index contributed by atoms with van der Waals surface area (Å²) in [6, 6.07) is 15.9. The Hall–Kier alpha value is -1.50. The molecule has 1 N–H and O–H groups in total. The molecule has 0 amide bonds. The second-order valence-electron chi connectivity index (χ2n) is 5.73. The Bertz CT molecular complexity index is 546. The van der Waals surface area contributed by atoms with E-state index in [1.165, 1.54) is 29.3 Å². The summed E-state index contributed by atoms with van der Waals surface area (Å²) in [7, 11) is 0. The summed E-state index contributed by atoms with van der Waals surface area (Å²) in [4.78, 5) is 0. The smallest absolute Gasteiger partial charge is 0.0348 e. The minimum absolute atomic E-state index is 0.640. The largest absolute Gasteiger partial charge is 0.382 e. The molecular formula is C17H21N. The molecule has 0 aromatic heterocycles. The zero-order valence-electron chi connectivity index (χ0n) is 11.2. The maximum atomic E-state index is 3.71. The maximum Gasteiger partial charge on any atom is 0.0348 e. The number of nitrogens with one attached hydrogen (secondary N) is 1. The van der Waals surface area contributed by atoms with Crippen molar-refractivity contribution >= 4 is 16.5 Å². The highest BCUT2D eigenvalue weighted by Crippen LogP contribution is 2.33. The Morgan fingerprint density at radius 1 is 0.944 bits per heavy atom. The molecule has 18 heavy (non-hydrogen) atoms. The lowest BCUT2D eigenvalue weighted by atomic mass is 9.97. The summed E-state index contributed by atoms with van der Waals surface area (Å²) < 4.78 is 0. The molecule has 0 saturated heterocycles. The van der Waals surface area contributed by atoms with E-state index in [2.05, 4.69) is 61.6 Å². The van der Waals surface area contributed by atoms with Gasteiger partial charge in [0.15, 0.2) is 0 Å². The third-order valence-corrected chi connectivity index (χ3v) is 4.57. The number of rotatable bonds is 2. The van der Waals surface area contributed by atoms with E-state index in [0.29, 0.717) is 6.04 Å². The van der Waals surface area contributed by atoms with Crippen LogP contribution < -0.4 is 5.32 Å². The topological polar surface area (TPSA) is 12.0 Å². The van der Waals surface area contributed by atoms with E-state index >= 15 is 0 Å². The molecular weight excluding hydrogens is 218 g/mol. The highest BCUT2D eigenvalue weighted by Gasteiger charge is 2.29. The molecule has 3 rings (SSSR count). The molecule has 1 nitrogen and oxygen atoms in total. The van der Waals surface area contributed by atoms with Gasteiger partial charge in [0.2, 0.25) is 0 Å². The first-order chi connectivity index (χ1) is 8.74. The van der Waals surface area contributed by atoms with Crippen LogP contribution in [0, 0.1) is 11.8 Å². The fourth-order valence-corrected chi connectivity index (χ4v) is 3.06. The molecule has 3 unspecified atom stereocenters. The highest BCUT2D eigenvalue weighted by molar-refractivity contribution is 5.85. The maximum absolute atomic E-state index is 3.71. The van der Waals surface area contributed by atoms with Crippen LogP contribution in [-0.4, -0.2) is 6.04 Å². The first-order valence-electron chi connectivity index (χ1n) is 6.99. The molecule has 1 heteroatoms. The lowest BCUT2D eigenvalue weighted by Gasteiger charge is -2.21. The van der Waals surface area contributed by atoms with Crippen molar-refractivity contribution in [2.45, 2.75) is 32.7 Å². The van der Waals surface area contributed by atoms with Crippen LogP contribution in [0.4, 0.5) is 5.69 Å². The van der Waals surface area contributed by atoms with Gasteiger partial charge in [-0.3, -0.25) is 0 Å². The summed E-state index contributed by atoms with van der Waals surface area (Å²) in [5.41, 5.74) is 1.26. The molecule has 0 spiro atoms. The summed E-state index contributed by atoms with van der Waals surface area (Å²) in [6.45, 7) is 4.74. The molecule has 2 aromatic rings. The molecule has 0 aliphatic heterocycles. The van der Waals surface area contributed by atoms with Crippen molar-refractivity contribution in [3.63, 3.8) is 0 Å². The van der Waals surface area contributed by atoms with Gasteiger partial charge in [0.1, 0.15) is 0 Å². The molecule has 0 heterocycles. The SMILES string of the molecule is CC1CCC(Nc2ccc3ccccc3c2)C1C. The third kappa shape index (κ3) is 2.10. The quantitative estimate of drug-likeness (QED) is 0.802. The fraction of sp³-hybridized carbons (Fsp3) is 0.412. The van der Waals surface area contributed by atoms with Crippen molar-refractivity contribution in [3.05, 3.63) is 42.5 Å². The van der Waals surface area contributed by atoms with Crippen LogP contribution in [-0.2, 0) is 0 Å². The van der Waals surface area contributed by atoms with E-state index in [9.17, 15) is 0 Å². The van der Waals surface area contributed by atoms with Gasteiger partial charge in [-0.15, -0.1) is 0 Å². The third-order valence-electron chi connectivity index (χ3n) is 4.57. The Labute approximate surface area is 109 Å². The van der Waals surface area contributed by atoms with Gasteiger partial charge in [0.05, 0.1) is 0 Å². The van der Waals surface area contributed by atoms with Gasteiger partial charge < -0.3 is 5.32 Å².